The molecule has 19 heavy (non-hydrogen) atoms. The summed E-state index contributed by atoms with van der Waals surface area (Å²) in [7, 11) is 1.39. The maximum Gasteiger partial charge on any atom is 0.171 e. The summed E-state index contributed by atoms with van der Waals surface area (Å²) in [5.74, 6) is -0.477. The molecule has 0 spiro atoms. The van der Waals surface area contributed by atoms with Gasteiger partial charge in [0.2, 0.25) is 0 Å². The van der Waals surface area contributed by atoms with Crippen molar-refractivity contribution in [1.29, 1.82) is 0 Å². The first-order chi connectivity index (χ1) is 8.96. The summed E-state index contributed by atoms with van der Waals surface area (Å²) in [6.07, 6.45) is 0. The number of rotatable bonds is 3. The SMILES string of the molecule is COc1cccc(C(C)(O)c2cccc(Cl)c2)c1F. The van der Waals surface area contributed by atoms with Crippen LogP contribution in [-0.2, 0) is 5.60 Å². The van der Waals surface area contributed by atoms with E-state index >= 15 is 0 Å². The van der Waals surface area contributed by atoms with Gasteiger partial charge in [0, 0.05) is 10.6 Å². The monoisotopic (exact) mass is 280 g/mol. The normalized spacial score (nSPS) is 13.9. The Labute approximate surface area is 116 Å². The molecule has 100 valence electrons. The van der Waals surface area contributed by atoms with E-state index in [0.717, 1.165) is 0 Å². The van der Waals surface area contributed by atoms with Gasteiger partial charge in [0.05, 0.1) is 7.11 Å². The molecule has 0 heterocycles. The zero-order valence-electron chi connectivity index (χ0n) is 10.7. The highest BCUT2D eigenvalue weighted by molar-refractivity contribution is 6.30. The summed E-state index contributed by atoms with van der Waals surface area (Å²) in [4.78, 5) is 0. The molecule has 1 N–H and O–H groups in total. The third-order valence-electron chi connectivity index (χ3n) is 3.09. The molecule has 0 aromatic heterocycles. The van der Waals surface area contributed by atoms with Gasteiger partial charge in [-0.2, -0.15) is 0 Å². The zero-order valence-corrected chi connectivity index (χ0v) is 11.4. The number of halogens is 2. The molecule has 2 aromatic carbocycles. The van der Waals surface area contributed by atoms with E-state index in [0.29, 0.717) is 10.6 Å². The first-order valence-electron chi connectivity index (χ1n) is 5.78. The first-order valence-corrected chi connectivity index (χ1v) is 6.16. The van der Waals surface area contributed by atoms with Gasteiger partial charge in [0.15, 0.2) is 11.6 Å². The number of methoxy groups -OCH3 is 1. The number of hydrogen-bond acceptors (Lipinski definition) is 2. The lowest BCUT2D eigenvalue weighted by molar-refractivity contribution is 0.0972. The van der Waals surface area contributed by atoms with E-state index in [1.807, 2.05) is 0 Å². The molecular formula is C15H14ClFO2. The Balaban J connectivity index is 2.56. The molecule has 1 atom stereocenters. The Kier molecular flexibility index (Phi) is 3.78. The molecule has 2 rings (SSSR count). The average molecular weight is 281 g/mol. The molecule has 2 aromatic rings. The molecule has 1 unspecified atom stereocenters. The van der Waals surface area contributed by atoms with Crippen LogP contribution in [0.15, 0.2) is 42.5 Å². The minimum Gasteiger partial charge on any atom is -0.494 e. The quantitative estimate of drug-likeness (QED) is 0.928. The van der Waals surface area contributed by atoms with Crippen LogP contribution in [0.25, 0.3) is 0 Å². The second-order valence-corrected chi connectivity index (χ2v) is 4.84. The molecule has 0 radical (unpaired) electrons. The van der Waals surface area contributed by atoms with Gasteiger partial charge in [-0.25, -0.2) is 4.39 Å². The zero-order chi connectivity index (χ0) is 14.0. The van der Waals surface area contributed by atoms with Crippen LogP contribution < -0.4 is 4.74 Å². The molecule has 4 heteroatoms. The number of aliphatic hydroxyl groups is 1. The molecule has 0 aliphatic heterocycles. The highest BCUT2D eigenvalue weighted by Gasteiger charge is 2.30. The molecule has 2 nitrogen and oxygen atoms in total. The Morgan fingerprint density at radius 1 is 1.21 bits per heavy atom. The molecule has 0 fully saturated rings. The Morgan fingerprint density at radius 3 is 2.53 bits per heavy atom. The minimum atomic E-state index is -1.48. The molecule has 0 aliphatic rings. The van der Waals surface area contributed by atoms with E-state index in [9.17, 15) is 9.50 Å². The van der Waals surface area contributed by atoms with Gasteiger partial charge >= 0.3 is 0 Å². The van der Waals surface area contributed by atoms with Crippen molar-refractivity contribution < 1.29 is 14.2 Å². The predicted octanol–water partition coefficient (Wildman–Crippen LogP) is 3.74. The van der Waals surface area contributed by atoms with E-state index in [1.165, 1.54) is 26.2 Å². The summed E-state index contributed by atoms with van der Waals surface area (Å²) < 4.78 is 19.2. The van der Waals surface area contributed by atoms with Crippen LogP contribution in [0, 0.1) is 5.82 Å². The van der Waals surface area contributed by atoms with Crippen molar-refractivity contribution in [3.8, 4) is 5.75 Å². The average Bonchev–Trinajstić information content (AvgIpc) is 2.38. The minimum absolute atomic E-state index is 0.0970. The lowest BCUT2D eigenvalue weighted by Gasteiger charge is -2.25. The van der Waals surface area contributed by atoms with Gasteiger partial charge in [0.1, 0.15) is 5.60 Å². The van der Waals surface area contributed by atoms with Crippen LogP contribution in [-0.4, -0.2) is 12.2 Å². The van der Waals surface area contributed by atoms with E-state index in [1.54, 1.807) is 30.3 Å². The van der Waals surface area contributed by atoms with Crippen molar-refractivity contribution in [3.05, 3.63) is 64.4 Å². The van der Waals surface area contributed by atoms with Gasteiger partial charge in [-0.3, -0.25) is 0 Å². The van der Waals surface area contributed by atoms with Crippen molar-refractivity contribution in [2.45, 2.75) is 12.5 Å². The lowest BCUT2D eigenvalue weighted by Crippen LogP contribution is -2.24. The predicted molar refractivity (Wildman–Crippen MR) is 73.1 cm³/mol. The van der Waals surface area contributed by atoms with Gasteiger partial charge in [-0.15, -0.1) is 0 Å². The maximum atomic E-state index is 14.2. The van der Waals surface area contributed by atoms with Crippen molar-refractivity contribution in [1.82, 2.24) is 0 Å². The van der Waals surface area contributed by atoms with Crippen molar-refractivity contribution in [2.24, 2.45) is 0 Å². The lowest BCUT2D eigenvalue weighted by atomic mass is 9.88. The van der Waals surface area contributed by atoms with Crippen molar-refractivity contribution >= 4 is 11.6 Å². The van der Waals surface area contributed by atoms with Crippen LogP contribution in [0.2, 0.25) is 5.02 Å². The van der Waals surface area contributed by atoms with Crippen LogP contribution in [0.3, 0.4) is 0 Å². The van der Waals surface area contributed by atoms with Crippen LogP contribution in [0.4, 0.5) is 4.39 Å². The Bertz CT molecular complexity index is 596. The number of ether oxygens (including phenoxy) is 1. The summed E-state index contributed by atoms with van der Waals surface area (Å²) in [5.41, 5.74) is -0.815. The third-order valence-corrected chi connectivity index (χ3v) is 3.33. The Hall–Kier alpha value is -1.58. The van der Waals surface area contributed by atoms with E-state index in [-0.39, 0.29) is 11.3 Å². The second kappa shape index (κ2) is 5.19. The summed E-state index contributed by atoms with van der Waals surface area (Å²) >= 11 is 5.91. The molecule has 0 saturated carbocycles. The van der Waals surface area contributed by atoms with Gasteiger partial charge in [-0.1, -0.05) is 35.9 Å². The fourth-order valence-corrected chi connectivity index (χ4v) is 2.18. The van der Waals surface area contributed by atoms with E-state index in [2.05, 4.69) is 0 Å². The largest absolute Gasteiger partial charge is 0.494 e. The van der Waals surface area contributed by atoms with Gasteiger partial charge in [-0.05, 0) is 30.7 Å². The molecule has 0 saturated heterocycles. The summed E-state index contributed by atoms with van der Waals surface area (Å²) in [6, 6.07) is 11.4. The van der Waals surface area contributed by atoms with Gasteiger partial charge < -0.3 is 9.84 Å². The Morgan fingerprint density at radius 2 is 1.89 bits per heavy atom. The third kappa shape index (κ3) is 2.57. The summed E-state index contributed by atoms with van der Waals surface area (Å²) in [5, 5.41) is 11.1. The smallest absolute Gasteiger partial charge is 0.171 e. The fourth-order valence-electron chi connectivity index (χ4n) is 1.99. The van der Waals surface area contributed by atoms with Crippen LogP contribution in [0.1, 0.15) is 18.1 Å². The molecular weight excluding hydrogens is 267 g/mol. The van der Waals surface area contributed by atoms with Crippen molar-refractivity contribution in [2.75, 3.05) is 7.11 Å². The first kappa shape index (κ1) is 13.8. The van der Waals surface area contributed by atoms with E-state index < -0.39 is 11.4 Å². The highest BCUT2D eigenvalue weighted by Crippen LogP contribution is 2.34. The number of hydrogen-bond donors (Lipinski definition) is 1. The summed E-state index contributed by atoms with van der Waals surface area (Å²) in [6.45, 7) is 1.52. The number of benzene rings is 2. The fraction of sp³-hybridized carbons (Fsp3) is 0.200. The van der Waals surface area contributed by atoms with E-state index in [4.69, 9.17) is 16.3 Å². The van der Waals surface area contributed by atoms with Gasteiger partial charge in [0.25, 0.3) is 0 Å². The highest BCUT2D eigenvalue weighted by atomic mass is 35.5. The standard InChI is InChI=1S/C15H14ClFO2/c1-15(18,10-5-3-6-11(16)9-10)12-7-4-8-13(19-2)14(12)17/h3-9,18H,1-2H3. The molecule has 0 aliphatic carbocycles. The van der Waals surface area contributed by atoms with Crippen molar-refractivity contribution in [3.63, 3.8) is 0 Å². The molecule has 0 bridgehead atoms. The van der Waals surface area contributed by atoms with Crippen LogP contribution >= 0.6 is 11.6 Å². The second-order valence-electron chi connectivity index (χ2n) is 4.40. The maximum absolute atomic E-state index is 14.2. The topological polar surface area (TPSA) is 29.5 Å². The van der Waals surface area contributed by atoms with Crippen LogP contribution in [0.5, 0.6) is 5.75 Å². The molecule has 0 amide bonds.